The second-order valence-corrected chi connectivity index (χ2v) is 3.85. The van der Waals surface area contributed by atoms with E-state index in [0.717, 1.165) is 18.7 Å². The molecule has 0 bridgehead atoms. The Morgan fingerprint density at radius 3 is 2.79 bits per heavy atom. The van der Waals surface area contributed by atoms with Crippen LogP contribution in [0.25, 0.3) is 0 Å². The molecular weight excluding hydrogens is 200 g/mol. The summed E-state index contributed by atoms with van der Waals surface area (Å²) in [6.07, 6.45) is 2.30. The standard InChI is InChI=1S/C9H15ClN4/c1-14(2)4-3-7(11)8-5-9(10)13-6-12-8/h5-7H,3-4,11H2,1-2H3. The van der Waals surface area contributed by atoms with Crippen molar-refractivity contribution in [2.45, 2.75) is 12.5 Å². The minimum atomic E-state index is -0.0714. The predicted molar refractivity (Wildman–Crippen MR) is 57.1 cm³/mol. The van der Waals surface area contributed by atoms with Crippen molar-refractivity contribution in [3.8, 4) is 0 Å². The van der Waals surface area contributed by atoms with Gasteiger partial charge in [0.1, 0.15) is 11.5 Å². The fraction of sp³-hybridized carbons (Fsp3) is 0.556. The third-order valence-corrected chi connectivity index (χ3v) is 2.13. The van der Waals surface area contributed by atoms with Gasteiger partial charge in [-0.25, -0.2) is 9.97 Å². The largest absolute Gasteiger partial charge is 0.323 e. The molecule has 78 valence electrons. The van der Waals surface area contributed by atoms with E-state index in [-0.39, 0.29) is 6.04 Å². The lowest BCUT2D eigenvalue weighted by molar-refractivity contribution is 0.381. The van der Waals surface area contributed by atoms with Crippen LogP contribution < -0.4 is 5.73 Å². The Morgan fingerprint density at radius 1 is 1.50 bits per heavy atom. The molecule has 2 N–H and O–H groups in total. The molecule has 0 aliphatic carbocycles. The number of rotatable bonds is 4. The highest BCUT2D eigenvalue weighted by molar-refractivity contribution is 6.29. The number of hydrogen-bond donors (Lipinski definition) is 1. The van der Waals surface area contributed by atoms with Gasteiger partial charge < -0.3 is 10.6 Å². The summed E-state index contributed by atoms with van der Waals surface area (Å²) < 4.78 is 0. The Bertz CT molecular complexity index is 290. The number of hydrogen-bond acceptors (Lipinski definition) is 4. The van der Waals surface area contributed by atoms with Crippen LogP contribution >= 0.6 is 11.6 Å². The van der Waals surface area contributed by atoms with E-state index in [1.165, 1.54) is 6.33 Å². The third-order valence-electron chi connectivity index (χ3n) is 1.92. The van der Waals surface area contributed by atoms with Crippen LogP contribution in [0.3, 0.4) is 0 Å². The van der Waals surface area contributed by atoms with Gasteiger partial charge in [0.15, 0.2) is 0 Å². The van der Waals surface area contributed by atoms with Crippen LogP contribution in [0.5, 0.6) is 0 Å². The van der Waals surface area contributed by atoms with Gasteiger partial charge in [0, 0.05) is 6.04 Å². The summed E-state index contributed by atoms with van der Waals surface area (Å²) in [6.45, 7) is 0.933. The summed E-state index contributed by atoms with van der Waals surface area (Å²) >= 11 is 5.73. The molecule has 1 aromatic heterocycles. The van der Waals surface area contributed by atoms with Crippen LogP contribution in [0, 0.1) is 0 Å². The lowest BCUT2D eigenvalue weighted by atomic mass is 10.1. The molecule has 1 rings (SSSR count). The van der Waals surface area contributed by atoms with Crippen molar-refractivity contribution < 1.29 is 0 Å². The first-order chi connectivity index (χ1) is 6.59. The smallest absolute Gasteiger partial charge is 0.132 e. The van der Waals surface area contributed by atoms with Crippen molar-refractivity contribution in [2.24, 2.45) is 5.73 Å². The number of aromatic nitrogens is 2. The van der Waals surface area contributed by atoms with E-state index in [1.54, 1.807) is 6.07 Å². The Hall–Kier alpha value is -0.710. The molecule has 0 saturated carbocycles. The van der Waals surface area contributed by atoms with E-state index in [2.05, 4.69) is 14.9 Å². The molecule has 0 fully saturated rings. The zero-order valence-corrected chi connectivity index (χ0v) is 9.20. The van der Waals surface area contributed by atoms with Crippen molar-refractivity contribution in [3.63, 3.8) is 0 Å². The first-order valence-corrected chi connectivity index (χ1v) is 4.85. The Labute approximate surface area is 89.1 Å². The average molecular weight is 215 g/mol. The fourth-order valence-electron chi connectivity index (χ4n) is 1.10. The molecule has 0 amide bonds. The van der Waals surface area contributed by atoms with Crippen molar-refractivity contribution >= 4 is 11.6 Å². The van der Waals surface area contributed by atoms with Gasteiger partial charge in [-0.05, 0) is 33.1 Å². The summed E-state index contributed by atoms with van der Waals surface area (Å²) in [5.74, 6) is 0. The first-order valence-electron chi connectivity index (χ1n) is 4.47. The summed E-state index contributed by atoms with van der Waals surface area (Å²) in [5, 5.41) is 0.440. The minimum absolute atomic E-state index is 0.0714. The van der Waals surface area contributed by atoms with Crippen LogP contribution in [0.2, 0.25) is 5.15 Å². The summed E-state index contributed by atoms with van der Waals surface area (Å²) in [7, 11) is 4.03. The molecule has 1 unspecified atom stereocenters. The normalized spacial score (nSPS) is 13.2. The van der Waals surface area contributed by atoms with Gasteiger partial charge >= 0.3 is 0 Å². The van der Waals surface area contributed by atoms with Gasteiger partial charge in [-0.15, -0.1) is 0 Å². The molecule has 0 saturated heterocycles. The molecule has 0 spiro atoms. The Kier molecular flexibility index (Phi) is 4.25. The van der Waals surface area contributed by atoms with Crippen molar-refractivity contribution in [1.82, 2.24) is 14.9 Å². The lowest BCUT2D eigenvalue weighted by Gasteiger charge is -2.14. The first kappa shape index (κ1) is 11.4. The summed E-state index contributed by atoms with van der Waals surface area (Å²) in [5.41, 5.74) is 6.73. The van der Waals surface area contributed by atoms with Crippen LogP contribution in [-0.4, -0.2) is 35.5 Å². The summed E-state index contributed by atoms with van der Waals surface area (Å²) in [4.78, 5) is 9.97. The van der Waals surface area contributed by atoms with Crippen molar-refractivity contribution in [2.75, 3.05) is 20.6 Å². The molecule has 0 aromatic carbocycles. The number of nitrogens with two attached hydrogens (primary N) is 1. The highest BCUT2D eigenvalue weighted by Crippen LogP contribution is 2.13. The van der Waals surface area contributed by atoms with Crippen LogP contribution in [-0.2, 0) is 0 Å². The Morgan fingerprint density at radius 2 is 2.21 bits per heavy atom. The molecule has 0 radical (unpaired) electrons. The van der Waals surface area contributed by atoms with Crippen LogP contribution in [0.1, 0.15) is 18.2 Å². The molecular formula is C9H15ClN4. The average Bonchev–Trinajstić information content (AvgIpc) is 2.14. The van der Waals surface area contributed by atoms with E-state index < -0.39 is 0 Å². The van der Waals surface area contributed by atoms with E-state index in [0.29, 0.717) is 5.15 Å². The minimum Gasteiger partial charge on any atom is -0.323 e. The number of halogens is 1. The summed E-state index contributed by atoms with van der Waals surface area (Å²) in [6, 6.07) is 1.64. The monoisotopic (exact) mass is 214 g/mol. The van der Waals surface area contributed by atoms with Crippen LogP contribution in [0.15, 0.2) is 12.4 Å². The highest BCUT2D eigenvalue weighted by atomic mass is 35.5. The molecule has 14 heavy (non-hydrogen) atoms. The molecule has 1 atom stereocenters. The lowest BCUT2D eigenvalue weighted by Crippen LogP contribution is -2.20. The predicted octanol–water partition coefficient (Wildman–Crippen LogP) is 1.08. The molecule has 1 aromatic rings. The van der Waals surface area contributed by atoms with Gasteiger partial charge in [-0.2, -0.15) is 0 Å². The molecule has 1 heterocycles. The maximum Gasteiger partial charge on any atom is 0.132 e. The van der Waals surface area contributed by atoms with E-state index in [1.807, 2.05) is 14.1 Å². The maximum atomic E-state index is 5.94. The van der Waals surface area contributed by atoms with E-state index >= 15 is 0 Å². The molecule has 0 aliphatic heterocycles. The van der Waals surface area contributed by atoms with Crippen molar-refractivity contribution in [1.29, 1.82) is 0 Å². The quantitative estimate of drug-likeness (QED) is 0.763. The van der Waals surface area contributed by atoms with Gasteiger partial charge in [0.2, 0.25) is 0 Å². The number of nitrogens with zero attached hydrogens (tertiary/aromatic N) is 3. The van der Waals surface area contributed by atoms with Gasteiger partial charge in [-0.1, -0.05) is 11.6 Å². The van der Waals surface area contributed by atoms with Gasteiger partial charge in [0.25, 0.3) is 0 Å². The van der Waals surface area contributed by atoms with E-state index in [9.17, 15) is 0 Å². The molecule has 4 nitrogen and oxygen atoms in total. The Balaban J connectivity index is 2.56. The van der Waals surface area contributed by atoms with Gasteiger partial charge in [-0.3, -0.25) is 0 Å². The topological polar surface area (TPSA) is 55.0 Å². The highest BCUT2D eigenvalue weighted by Gasteiger charge is 2.08. The zero-order valence-electron chi connectivity index (χ0n) is 8.44. The van der Waals surface area contributed by atoms with E-state index in [4.69, 9.17) is 17.3 Å². The molecule has 5 heteroatoms. The molecule has 0 aliphatic rings. The second-order valence-electron chi connectivity index (χ2n) is 3.46. The van der Waals surface area contributed by atoms with Gasteiger partial charge in [0.05, 0.1) is 5.69 Å². The van der Waals surface area contributed by atoms with Crippen LogP contribution in [0.4, 0.5) is 0 Å². The zero-order chi connectivity index (χ0) is 10.6. The fourth-order valence-corrected chi connectivity index (χ4v) is 1.25. The SMILES string of the molecule is CN(C)CCC(N)c1cc(Cl)ncn1. The second kappa shape index (κ2) is 5.24. The third kappa shape index (κ3) is 3.57. The maximum absolute atomic E-state index is 5.94. The van der Waals surface area contributed by atoms with Crippen molar-refractivity contribution in [3.05, 3.63) is 23.2 Å².